The highest BCUT2D eigenvalue weighted by atomic mass is 35.5. The van der Waals surface area contributed by atoms with Gasteiger partial charge in [0.15, 0.2) is 5.16 Å². The molecule has 0 saturated heterocycles. The van der Waals surface area contributed by atoms with Gasteiger partial charge in [-0.05, 0) is 24.3 Å². The van der Waals surface area contributed by atoms with Gasteiger partial charge in [0.05, 0.1) is 39.9 Å². The Hall–Kier alpha value is -2.82. The number of fused-ring (bicyclic) bond motifs is 1. The summed E-state index contributed by atoms with van der Waals surface area (Å²) in [4.78, 5) is 31.6. The lowest BCUT2D eigenvalue weighted by Crippen LogP contribution is -2.29. The number of carbonyl (C=O) groups is 1. The van der Waals surface area contributed by atoms with Crippen LogP contribution in [0.1, 0.15) is 6.42 Å². The number of nitriles is 1. The van der Waals surface area contributed by atoms with Crippen LogP contribution < -0.4 is 5.56 Å². The maximum atomic E-state index is 13.1. The highest BCUT2D eigenvalue weighted by Crippen LogP contribution is 2.25. The topological polar surface area (TPSA) is 79.0 Å². The normalized spacial score (nSPS) is 10.6. The van der Waals surface area contributed by atoms with Crippen molar-refractivity contribution in [1.29, 1.82) is 5.26 Å². The molecule has 0 N–H and O–H groups in total. The molecule has 6 nitrogen and oxygen atoms in total. The molecule has 0 atom stereocenters. The SMILES string of the molecule is CN(CCC#N)C(=O)CSc1nc2ccccc2c(=O)n1-c1ccccc1Cl. The molecule has 0 aliphatic carbocycles. The van der Waals surface area contributed by atoms with Gasteiger partial charge in [-0.25, -0.2) is 4.98 Å². The Morgan fingerprint density at radius 3 is 2.71 bits per heavy atom. The number of benzene rings is 2. The molecule has 1 aromatic heterocycles. The van der Waals surface area contributed by atoms with Gasteiger partial charge in [0.25, 0.3) is 5.56 Å². The molecule has 0 aliphatic heterocycles. The summed E-state index contributed by atoms with van der Waals surface area (Å²) in [5.74, 6) is -0.0506. The summed E-state index contributed by atoms with van der Waals surface area (Å²) in [5.41, 5.74) is 0.829. The van der Waals surface area contributed by atoms with E-state index in [9.17, 15) is 9.59 Å². The molecule has 1 heterocycles. The average molecular weight is 413 g/mol. The fourth-order valence-corrected chi connectivity index (χ4v) is 3.80. The van der Waals surface area contributed by atoms with Crippen molar-refractivity contribution in [1.82, 2.24) is 14.5 Å². The number of amides is 1. The van der Waals surface area contributed by atoms with E-state index >= 15 is 0 Å². The Morgan fingerprint density at radius 2 is 1.96 bits per heavy atom. The van der Waals surface area contributed by atoms with E-state index in [0.29, 0.717) is 33.3 Å². The van der Waals surface area contributed by atoms with Gasteiger partial charge in [0.2, 0.25) is 5.91 Å². The number of aromatic nitrogens is 2. The zero-order chi connectivity index (χ0) is 20.1. The van der Waals surface area contributed by atoms with Crippen LogP contribution in [0.15, 0.2) is 58.5 Å². The maximum Gasteiger partial charge on any atom is 0.266 e. The standard InChI is InChI=1S/C20H17ClN4O2S/c1-24(12-6-11-22)18(26)13-28-20-23-16-9-4-2-7-14(16)19(27)25(20)17-10-5-3-8-15(17)21/h2-5,7-10H,6,12-13H2,1H3. The molecule has 3 rings (SSSR count). The van der Waals surface area contributed by atoms with Crippen LogP contribution in [0.2, 0.25) is 5.02 Å². The molecule has 0 bridgehead atoms. The molecule has 0 unspecified atom stereocenters. The third kappa shape index (κ3) is 4.19. The molecule has 142 valence electrons. The first kappa shape index (κ1) is 19.9. The van der Waals surface area contributed by atoms with E-state index in [-0.39, 0.29) is 23.6 Å². The van der Waals surface area contributed by atoms with Gasteiger partial charge in [-0.15, -0.1) is 0 Å². The van der Waals surface area contributed by atoms with Crippen LogP contribution in [-0.2, 0) is 4.79 Å². The summed E-state index contributed by atoms with van der Waals surface area (Å²) in [6.07, 6.45) is 0.269. The minimum absolute atomic E-state index is 0.0944. The molecule has 0 spiro atoms. The first-order valence-corrected chi connectivity index (χ1v) is 9.89. The van der Waals surface area contributed by atoms with E-state index in [0.717, 1.165) is 0 Å². The number of nitrogens with zero attached hydrogens (tertiary/aromatic N) is 4. The molecule has 0 fully saturated rings. The Kier molecular flexibility index (Phi) is 6.34. The molecule has 0 radical (unpaired) electrons. The predicted octanol–water partition coefficient (Wildman–Crippen LogP) is 3.50. The molecule has 0 saturated carbocycles. The van der Waals surface area contributed by atoms with Gasteiger partial charge in [-0.1, -0.05) is 47.6 Å². The van der Waals surface area contributed by atoms with Crippen LogP contribution in [0.5, 0.6) is 0 Å². The molecule has 0 aliphatic rings. The maximum absolute atomic E-state index is 13.1. The Labute approximate surface area is 171 Å². The fourth-order valence-electron chi connectivity index (χ4n) is 2.63. The van der Waals surface area contributed by atoms with Gasteiger partial charge in [-0.3, -0.25) is 14.2 Å². The average Bonchev–Trinajstić information content (AvgIpc) is 2.71. The quantitative estimate of drug-likeness (QED) is 0.457. The zero-order valence-electron chi connectivity index (χ0n) is 15.1. The monoisotopic (exact) mass is 412 g/mol. The molecular weight excluding hydrogens is 396 g/mol. The van der Waals surface area contributed by atoms with Gasteiger partial charge >= 0.3 is 0 Å². The second kappa shape index (κ2) is 8.91. The Balaban J connectivity index is 2.03. The summed E-state index contributed by atoms with van der Waals surface area (Å²) in [6, 6.07) is 16.1. The van der Waals surface area contributed by atoms with Crippen LogP contribution in [-0.4, -0.2) is 39.7 Å². The van der Waals surface area contributed by atoms with Crippen molar-refractivity contribution in [3.63, 3.8) is 0 Å². The van der Waals surface area contributed by atoms with E-state index in [1.54, 1.807) is 49.5 Å². The number of hydrogen-bond donors (Lipinski definition) is 0. The molecule has 8 heteroatoms. The van der Waals surface area contributed by atoms with Gasteiger partial charge in [0.1, 0.15) is 0 Å². The highest BCUT2D eigenvalue weighted by molar-refractivity contribution is 7.99. The summed E-state index contributed by atoms with van der Waals surface area (Å²) in [5, 5.41) is 9.95. The van der Waals surface area contributed by atoms with Gasteiger partial charge in [0, 0.05) is 13.6 Å². The van der Waals surface area contributed by atoms with Crippen LogP contribution in [0.4, 0.5) is 0 Å². The Bertz CT molecular complexity index is 1120. The number of rotatable bonds is 6. The minimum atomic E-state index is -0.244. The summed E-state index contributed by atoms with van der Waals surface area (Å²) in [7, 11) is 1.65. The molecule has 3 aromatic rings. The number of carbonyl (C=O) groups excluding carboxylic acids is 1. The van der Waals surface area contributed by atoms with Crippen molar-refractivity contribution >= 4 is 40.2 Å². The second-order valence-electron chi connectivity index (χ2n) is 6.02. The van der Waals surface area contributed by atoms with Crippen molar-refractivity contribution in [2.75, 3.05) is 19.3 Å². The van der Waals surface area contributed by atoms with Crippen LogP contribution in [0.25, 0.3) is 16.6 Å². The number of para-hydroxylation sites is 2. The molecule has 2 aromatic carbocycles. The van der Waals surface area contributed by atoms with E-state index in [1.807, 2.05) is 12.1 Å². The van der Waals surface area contributed by atoms with Crippen LogP contribution in [0.3, 0.4) is 0 Å². The van der Waals surface area contributed by atoms with Crippen LogP contribution >= 0.6 is 23.4 Å². The lowest BCUT2D eigenvalue weighted by Gasteiger charge is -2.17. The van der Waals surface area contributed by atoms with Crippen molar-refractivity contribution in [2.45, 2.75) is 11.6 Å². The second-order valence-corrected chi connectivity index (χ2v) is 7.37. The number of thioether (sulfide) groups is 1. The molecular formula is C20H17ClN4O2S. The van der Waals surface area contributed by atoms with Crippen molar-refractivity contribution < 1.29 is 4.79 Å². The summed E-state index contributed by atoms with van der Waals surface area (Å²) in [6.45, 7) is 0.359. The zero-order valence-corrected chi connectivity index (χ0v) is 16.7. The lowest BCUT2D eigenvalue weighted by atomic mass is 10.2. The number of hydrogen-bond acceptors (Lipinski definition) is 5. The van der Waals surface area contributed by atoms with E-state index in [2.05, 4.69) is 4.98 Å². The Morgan fingerprint density at radius 1 is 1.25 bits per heavy atom. The minimum Gasteiger partial charge on any atom is -0.344 e. The first-order valence-electron chi connectivity index (χ1n) is 8.53. The van der Waals surface area contributed by atoms with E-state index in [4.69, 9.17) is 16.9 Å². The fraction of sp³-hybridized carbons (Fsp3) is 0.200. The van der Waals surface area contributed by atoms with Crippen molar-refractivity contribution in [3.8, 4) is 11.8 Å². The van der Waals surface area contributed by atoms with Crippen LogP contribution in [0, 0.1) is 11.3 Å². The first-order chi connectivity index (χ1) is 13.5. The number of halogens is 1. The predicted molar refractivity (Wildman–Crippen MR) is 111 cm³/mol. The molecule has 28 heavy (non-hydrogen) atoms. The third-order valence-electron chi connectivity index (χ3n) is 4.15. The molecule has 1 amide bonds. The third-order valence-corrected chi connectivity index (χ3v) is 5.39. The van der Waals surface area contributed by atoms with Crippen molar-refractivity contribution in [3.05, 3.63) is 63.9 Å². The largest absolute Gasteiger partial charge is 0.344 e. The highest BCUT2D eigenvalue weighted by Gasteiger charge is 2.17. The van der Waals surface area contributed by atoms with E-state index < -0.39 is 0 Å². The van der Waals surface area contributed by atoms with Gasteiger partial charge in [-0.2, -0.15) is 5.26 Å². The lowest BCUT2D eigenvalue weighted by molar-refractivity contribution is -0.127. The van der Waals surface area contributed by atoms with E-state index in [1.165, 1.54) is 21.2 Å². The summed E-state index contributed by atoms with van der Waals surface area (Å²) < 4.78 is 1.44. The summed E-state index contributed by atoms with van der Waals surface area (Å²) >= 11 is 7.49. The smallest absolute Gasteiger partial charge is 0.266 e. The van der Waals surface area contributed by atoms with Gasteiger partial charge < -0.3 is 4.90 Å². The van der Waals surface area contributed by atoms with Crippen molar-refractivity contribution in [2.24, 2.45) is 0 Å².